The van der Waals surface area contributed by atoms with E-state index in [1.807, 2.05) is 12.1 Å². The van der Waals surface area contributed by atoms with Crippen molar-refractivity contribution in [3.05, 3.63) is 47.0 Å². The van der Waals surface area contributed by atoms with Gasteiger partial charge in [-0.15, -0.1) is 0 Å². The van der Waals surface area contributed by atoms with E-state index in [9.17, 15) is 4.79 Å². The highest BCUT2D eigenvalue weighted by Crippen LogP contribution is 2.45. The number of fused-ring (bicyclic) bond motifs is 1. The van der Waals surface area contributed by atoms with Crippen LogP contribution in [0.1, 0.15) is 62.0 Å². The molecule has 1 atom stereocenters. The summed E-state index contributed by atoms with van der Waals surface area (Å²) < 4.78 is 0. The molecule has 120 valence electrons. The van der Waals surface area contributed by atoms with E-state index in [1.54, 1.807) is 6.26 Å². The third kappa shape index (κ3) is 3.55. The third-order valence-electron chi connectivity index (χ3n) is 4.47. The Hall–Kier alpha value is -1.28. The summed E-state index contributed by atoms with van der Waals surface area (Å²) in [4.78, 5) is 11.7. The van der Waals surface area contributed by atoms with Crippen LogP contribution in [-0.2, 0) is 6.42 Å². The Labute approximate surface area is 140 Å². The standard InChI is InChI=1S/C19H24O.CH4S/c1-6-14-15-10-8-7-9-11-16(15)17(12-20)18(14)13(2)19(3,4)5;1-2/h7-13H,6H2,1-5H3;2H,1H3. The molecule has 0 fully saturated rings. The molecule has 0 spiro atoms. The van der Waals surface area contributed by atoms with Crippen LogP contribution in [0.4, 0.5) is 0 Å². The Morgan fingerprint density at radius 1 is 1.09 bits per heavy atom. The van der Waals surface area contributed by atoms with E-state index in [0.29, 0.717) is 5.92 Å². The topological polar surface area (TPSA) is 17.1 Å². The van der Waals surface area contributed by atoms with Crippen molar-refractivity contribution in [3.63, 3.8) is 0 Å². The molecule has 0 saturated carbocycles. The molecule has 2 aliphatic rings. The molecule has 2 heteroatoms. The van der Waals surface area contributed by atoms with Gasteiger partial charge in [0.15, 0.2) is 6.29 Å². The van der Waals surface area contributed by atoms with Crippen molar-refractivity contribution in [2.75, 3.05) is 6.26 Å². The Morgan fingerprint density at radius 2 is 1.64 bits per heavy atom. The van der Waals surface area contributed by atoms with Gasteiger partial charge in [0, 0.05) is 5.56 Å². The largest absolute Gasteiger partial charge is 0.298 e. The summed E-state index contributed by atoms with van der Waals surface area (Å²) in [6, 6.07) is 10.3. The summed E-state index contributed by atoms with van der Waals surface area (Å²) >= 11 is 3.53. The van der Waals surface area contributed by atoms with Crippen LogP contribution in [0.2, 0.25) is 0 Å². The SMILES string of the molecule is CCc1c2cccccc-2c(C=O)c1C(C)C(C)(C)C.CS. The summed E-state index contributed by atoms with van der Waals surface area (Å²) in [5, 5.41) is 0. The third-order valence-corrected chi connectivity index (χ3v) is 4.47. The maximum absolute atomic E-state index is 11.7. The highest BCUT2D eigenvalue weighted by molar-refractivity contribution is 7.79. The smallest absolute Gasteiger partial charge is 0.150 e. The Kier molecular flexibility index (Phi) is 6.67. The second kappa shape index (κ2) is 7.82. The van der Waals surface area contributed by atoms with Crippen molar-refractivity contribution in [1.82, 2.24) is 0 Å². The Bertz CT molecular complexity index is 595. The van der Waals surface area contributed by atoms with Gasteiger partial charge < -0.3 is 0 Å². The van der Waals surface area contributed by atoms with Gasteiger partial charge >= 0.3 is 0 Å². The average molecular weight is 317 g/mol. The lowest BCUT2D eigenvalue weighted by Crippen LogP contribution is -2.17. The van der Waals surface area contributed by atoms with E-state index in [-0.39, 0.29) is 5.41 Å². The summed E-state index contributed by atoms with van der Waals surface area (Å²) in [5.74, 6) is 0.357. The minimum Gasteiger partial charge on any atom is -0.298 e. The molecule has 0 aliphatic heterocycles. The lowest BCUT2D eigenvalue weighted by atomic mass is 9.76. The van der Waals surface area contributed by atoms with Crippen molar-refractivity contribution in [2.24, 2.45) is 5.41 Å². The van der Waals surface area contributed by atoms with Crippen LogP contribution in [0.3, 0.4) is 0 Å². The molecule has 1 nitrogen and oxygen atoms in total. The first-order valence-corrected chi connectivity index (χ1v) is 8.74. The number of thiol groups is 1. The quantitative estimate of drug-likeness (QED) is 0.554. The van der Waals surface area contributed by atoms with Gasteiger partial charge in [-0.1, -0.05) is 65.0 Å². The van der Waals surface area contributed by atoms with Crippen LogP contribution in [0.5, 0.6) is 0 Å². The maximum Gasteiger partial charge on any atom is 0.150 e. The zero-order valence-corrected chi connectivity index (χ0v) is 15.5. The molecule has 0 radical (unpaired) electrons. The maximum atomic E-state index is 11.7. The van der Waals surface area contributed by atoms with Gasteiger partial charge in [0.05, 0.1) is 0 Å². The molecule has 0 saturated heterocycles. The Balaban J connectivity index is 0.00000116. The minimum atomic E-state index is 0.147. The highest BCUT2D eigenvalue weighted by atomic mass is 32.1. The second-order valence-corrected chi connectivity index (χ2v) is 6.60. The molecule has 0 heterocycles. The van der Waals surface area contributed by atoms with E-state index in [0.717, 1.165) is 23.8 Å². The molecule has 0 aromatic carbocycles. The van der Waals surface area contributed by atoms with Gasteiger partial charge in [-0.3, -0.25) is 4.79 Å². The molecule has 0 aromatic heterocycles. The lowest BCUT2D eigenvalue weighted by molar-refractivity contribution is 0.112. The van der Waals surface area contributed by atoms with Gasteiger partial charge in [0.25, 0.3) is 0 Å². The zero-order chi connectivity index (χ0) is 16.9. The van der Waals surface area contributed by atoms with Crippen LogP contribution in [0, 0.1) is 5.41 Å². The minimum absolute atomic E-state index is 0.147. The first-order chi connectivity index (χ1) is 10.4. The summed E-state index contributed by atoms with van der Waals surface area (Å²) in [5.41, 5.74) is 5.93. The van der Waals surface area contributed by atoms with Gasteiger partial charge in [0.1, 0.15) is 0 Å². The molecule has 2 rings (SSSR count). The normalized spacial score (nSPS) is 12.5. The molecule has 0 N–H and O–H groups in total. The van der Waals surface area contributed by atoms with E-state index >= 15 is 0 Å². The number of hydrogen-bond donors (Lipinski definition) is 1. The van der Waals surface area contributed by atoms with Crippen molar-refractivity contribution in [1.29, 1.82) is 0 Å². The Morgan fingerprint density at radius 3 is 2.09 bits per heavy atom. The van der Waals surface area contributed by atoms with Crippen LogP contribution in [0.15, 0.2) is 30.3 Å². The number of aldehydes is 1. The average Bonchev–Trinajstić information content (AvgIpc) is 2.64. The van der Waals surface area contributed by atoms with Crippen LogP contribution in [0.25, 0.3) is 11.1 Å². The zero-order valence-electron chi connectivity index (χ0n) is 14.6. The molecule has 2 aliphatic carbocycles. The fourth-order valence-corrected chi connectivity index (χ4v) is 2.93. The van der Waals surface area contributed by atoms with E-state index < -0.39 is 0 Å². The first kappa shape index (κ1) is 18.8. The predicted molar refractivity (Wildman–Crippen MR) is 101 cm³/mol. The molecule has 1 unspecified atom stereocenters. The van der Waals surface area contributed by atoms with E-state index in [4.69, 9.17) is 0 Å². The van der Waals surface area contributed by atoms with Gasteiger partial charge in [-0.25, -0.2) is 0 Å². The number of carbonyl (C=O) groups is 1. The molecular weight excluding hydrogens is 288 g/mol. The summed E-state index contributed by atoms with van der Waals surface area (Å²) in [6.45, 7) is 11.1. The molecule has 0 aromatic rings. The van der Waals surface area contributed by atoms with Gasteiger partial charge in [-0.2, -0.15) is 12.6 Å². The highest BCUT2D eigenvalue weighted by Gasteiger charge is 2.30. The number of rotatable bonds is 3. The van der Waals surface area contributed by atoms with Crippen LogP contribution in [-0.4, -0.2) is 12.5 Å². The predicted octanol–water partition coefficient (Wildman–Crippen LogP) is 5.86. The van der Waals surface area contributed by atoms with Gasteiger partial charge in [-0.05, 0) is 46.3 Å². The fraction of sp³-hybridized carbons (Fsp3) is 0.450. The summed E-state index contributed by atoms with van der Waals surface area (Å²) in [7, 11) is 0. The van der Waals surface area contributed by atoms with Crippen molar-refractivity contribution in [3.8, 4) is 11.1 Å². The second-order valence-electron chi connectivity index (χ2n) is 6.60. The van der Waals surface area contributed by atoms with E-state index in [1.165, 1.54) is 16.7 Å². The molecule has 22 heavy (non-hydrogen) atoms. The molecular formula is C20H28OS. The van der Waals surface area contributed by atoms with Crippen LogP contribution >= 0.6 is 12.6 Å². The van der Waals surface area contributed by atoms with E-state index in [2.05, 4.69) is 65.4 Å². The molecule has 0 bridgehead atoms. The number of hydrogen-bond acceptors (Lipinski definition) is 2. The monoisotopic (exact) mass is 316 g/mol. The lowest BCUT2D eigenvalue weighted by Gasteiger charge is -2.28. The van der Waals surface area contributed by atoms with Crippen LogP contribution < -0.4 is 0 Å². The van der Waals surface area contributed by atoms with Crippen molar-refractivity contribution >= 4 is 18.9 Å². The fourth-order valence-electron chi connectivity index (χ4n) is 2.93. The first-order valence-electron chi connectivity index (χ1n) is 7.85. The van der Waals surface area contributed by atoms with Crippen molar-refractivity contribution in [2.45, 2.75) is 47.0 Å². The van der Waals surface area contributed by atoms with Crippen molar-refractivity contribution < 1.29 is 4.79 Å². The number of carbonyl (C=O) groups excluding carboxylic acids is 1. The molecule has 0 amide bonds. The van der Waals surface area contributed by atoms with Gasteiger partial charge in [0.2, 0.25) is 0 Å². The summed E-state index contributed by atoms with van der Waals surface area (Å²) in [6.07, 6.45) is 3.70.